The number of hydrogen-bond donors (Lipinski definition) is 1. The van der Waals surface area contributed by atoms with E-state index in [9.17, 15) is 4.39 Å². The molecule has 2 atom stereocenters. The molecule has 2 aliphatic rings. The van der Waals surface area contributed by atoms with Crippen molar-refractivity contribution < 1.29 is 4.39 Å². The highest BCUT2D eigenvalue weighted by Crippen LogP contribution is 2.33. The van der Waals surface area contributed by atoms with Crippen LogP contribution in [0.3, 0.4) is 0 Å². The van der Waals surface area contributed by atoms with E-state index in [0.29, 0.717) is 12.1 Å². The molecule has 1 aliphatic carbocycles. The maximum absolute atomic E-state index is 13.4. The Labute approximate surface area is 121 Å². The van der Waals surface area contributed by atoms with Crippen LogP contribution in [0.15, 0.2) is 24.3 Å². The number of halogens is 1. The summed E-state index contributed by atoms with van der Waals surface area (Å²) in [5, 5.41) is 3.58. The monoisotopic (exact) mass is 276 g/mol. The van der Waals surface area contributed by atoms with Crippen LogP contribution in [-0.2, 0) is 0 Å². The van der Waals surface area contributed by atoms with Crippen LogP contribution in [0.5, 0.6) is 0 Å². The molecule has 1 saturated carbocycles. The second kappa shape index (κ2) is 6.23. The summed E-state index contributed by atoms with van der Waals surface area (Å²) < 4.78 is 13.4. The van der Waals surface area contributed by atoms with Gasteiger partial charge >= 0.3 is 0 Å². The molecular weight excluding hydrogens is 251 g/mol. The number of nitrogens with zero attached hydrogens (tertiary/aromatic N) is 1. The van der Waals surface area contributed by atoms with Gasteiger partial charge in [-0.25, -0.2) is 4.39 Å². The minimum Gasteiger partial charge on any atom is -0.313 e. The molecule has 0 radical (unpaired) electrons. The molecule has 1 N–H and O–H groups in total. The number of hydrogen-bond acceptors (Lipinski definition) is 2. The minimum absolute atomic E-state index is 0.125. The van der Waals surface area contributed by atoms with Gasteiger partial charge in [-0.05, 0) is 62.8 Å². The predicted molar refractivity (Wildman–Crippen MR) is 80.1 cm³/mol. The van der Waals surface area contributed by atoms with Gasteiger partial charge in [0, 0.05) is 25.2 Å². The quantitative estimate of drug-likeness (QED) is 0.857. The first-order chi connectivity index (χ1) is 9.72. The van der Waals surface area contributed by atoms with Gasteiger partial charge in [0.2, 0.25) is 0 Å². The zero-order valence-electron chi connectivity index (χ0n) is 12.3. The Bertz CT molecular complexity index is 438. The van der Waals surface area contributed by atoms with E-state index >= 15 is 0 Å². The molecule has 1 aliphatic heterocycles. The third kappa shape index (κ3) is 3.58. The molecule has 1 aromatic rings. The Hall–Kier alpha value is -0.930. The van der Waals surface area contributed by atoms with Gasteiger partial charge in [0.25, 0.3) is 0 Å². The third-order valence-electron chi connectivity index (χ3n) is 4.69. The van der Waals surface area contributed by atoms with Crippen molar-refractivity contribution in [2.75, 3.05) is 19.6 Å². The molecule has 0 amide bonds. The van der Waals surface area contributed by atoms with Crippen LogP contribution >= 0.6 is 0 Å². The second-order valence-electron chi connectivity index (χ2n) is 6.42. The van der Waals surface area contributed by atoms with Crippen LogP contribution in [0.25, 0.3) is 0 Å². The molecule has 110 valence electrons. The van der Waals surface area contributed by atoms with E-state index in [1.54, 1.807) is 6.07 Å². The van der Waals surface area contributed by atoms with Crippen LogP contribution in [0.4, 0.5) is 4.39 Å². The average molecular weight is 276 g/mol. The fourth-order valence-electron chi connectivity index (χ4n) is 3.20. The third-order valence-corrected chi connectivity index (χ3v) is 4.69. The van der Waals surface area contributed by atoms with Gasteiger partial charge in [-0.2, -0.15) is 0 Å². The van der Waals surface area contributed by atoms with Gasteiger partial charge < -0.3 is 5.32 Å². The van der Waals surface area contributed by atoms with Gasteiger partial charge in [0.15, 0.2) is 0 Å². The maximum Gasteiger partial charge on any atom is 0.123 e. The van der Waals surface area contributed by atoms with Crippen molar-refractivity contribution in [1.29, 1.82) is 0 Å². The van der Waals surface area contributed by atoms with Crippen molar-refractivity contribution in [1.82, 2.24) is 10.2 Å². The topological polar surface area (TPSA) is 15.3 Å². The molecule has 2 fully saturated rings. The van der Waals surface area contributed by atoms with Crippen LogP contribution in [-0.4, -0.2) is 30.6 Å². The summed E-state index contributed by atoms with van der Waals surface area (Å²) in [5.41, 5.74) is 1.10. The number of benzene rings is 1. The van der Waals surface area contributed by atoms with Crippen molar-refractivity contribution >= 4 is 0 Å². The van der Waals surface area contributed by atoms with E-state index in [0.717, 1.165) is 31.1 Å². The molecule has 0 bridgehead atoms. The van der Waals surface area contributed by atoms with Crippen molar-refractivity contribution in [2.24, 2.45) is 5.92 Å². The van der Waals surface area contributed by atoms with E-state index < -0.39 is 0 Å². The number of rotatable bonds is 6. The highest BCUT2D eigenvalue weighted by Gasteiger charge is 2.29. The van der Waals surface area contributed by atoms with Crippen molar-refractivity contribution in [3.8, 4) is 0 Å². The van der Waals surface area contributed by atoms with E-state index in [2.05, 4.69) is 23.2 Å². The average Bonchev–Trinajstić information content (AvgIpc) is 3.11. The summed E-state index contributed by atoms with van der Waals surface area (Å²) in [5.74, 6) is 0.743. The van der Waals surface area contributed by atoms with E-state index in [4.69, 9.17) is 0 Å². The van der Waals surface area contributed by atoms with Crippen LogP contribution in [0.1, 0.15) is 44.2 Å². The first-order valence-electron chi connectivity index (χ1n) is 7.95. The fraction of sp³-hybridized carbons (Fsp3) is 0.647. The van der Waals surface area contributed by atoms with E-state index in [-0.39, 0.29) is 5.82 Å². The Morgan fingerprint density at radius 2 is 2.15 bits per heavy atom. The van der Waals surface area contributed by atoms with E-state index in [1.165, 1.54) is 31.7 Å². The lowest BCUT2D eigenvalue weighted by atomic mass is 10.0. The predicted octanol–water partition coefficient (Wildman–Crippen LogP) is 3.35. The van der Waals surface area contributed by atoms with Crippen LogP contribution in [0.2, 0.25) is 0 Å². The molecule has 3 heteroatoms. The zero-order valence-corrected chi connectivity index (χ0v) is 12.3. The Kier molecular flexibility index (Phi) is 4.37. The van der Waals surface area contributed by atoms with Crippen LogP contribution in [0, 0.1) is 11.7 Å². The van der Waals surface area contributed by atoms with Crippen molar-refractivity contribution in [3.05, 3.63) is 35.6 Å². The van der Waals surface area contributed by atoms with Crippen molar-refractivity contribution in [2.45, 2.75) is 44.7 Å². The molecule has 0 aromatic heterocycles. The molecule has 2 nitrogen and oxygen atoms in total. The summed E-state index contributed by atoms with van der Waals surface area (Å²) in [4.78, 5) is 2.55. The molecule has 1 heterocycles. The standard InChI is InChI=1S/C17H25FN2/c1-13(15-4-2-5-16(18)10-15)20(11-14-7-8-14)12-17-6-3-9-19-17/h2,4-5,10,13-14,17,19H,3,6-9,11-12H2,1H3. The van der Waals surface area contributed by atoms with Gasteiger partial charge in [-0.15, -0.1) is 0 Å². The fourth-order valence-corrected chi connectivity index (χ4v) is 3.20. The van der Waals surface area contributed by atoms with Crippen molar-refractivity contribution in [3.63, 3.8) is 0 Å². The summed E-state index contributed by atoms with van der Waals surface area (Å²) in [6, 6.07) is 8.01. The molecular formula is C17H25FN2. The normalized spacial score (nSPS) is 24.2. The highest BCUT2D eigenvalue weighted by molar-refractivity contribution is 5.20. The summed E-state index contributed by atoms with van der Waals surface area (Å²) in [7, 11) is 0. The first kappa shape index (κ1) is 14.0. The first-order valence-corrected chi connectivity index (χ1v) is 7.95. The summed E-state index contributed by atoms with van der Waals surface area (Å²) >= 11 is 0. The molecule has 3 rings (SSSR count). The molecule has 2 unspecified atom stereocenters. The highest BCUT2D eigenvalue weighted by atomic mass is 19.1. The van der Waals surface area contributed by atoms with Gasteiger partial charge in [0.05, 0.1) is 0 Å². The number of nitrogens with one attached hydrogen (secondary N) is 1. The minimum atomic E-state index is -0.125. The van der Waals surface area contributed by atoms with Crippen LogP contribution < -0.4 is 5.32 Å². The van der Waals surface area contributed by atoms with E-state index in [1.807, 2.05) is 6.07 Å². The lowest BCUT2D eigenvalue weighted by molar-refractivity contribution is 0.184. The lowest BCUT2D eigenvalue weighted by Gasteiger charge is -2.32. The molecule has 0 spiro atoms. The van der Waals surface area contributed by atoms with Gasteiger partial charge in [0.1, 0.15) is 5.82 Å². The Balaban J connectivity index is 1.69. The molecule has 20 heavy (non-hydrogen) atoms. The zero-order chi connectivity index (χ0) is 13.9. The second-order valence-corrected chi connectivity index (χ2v) is 6.42. The SMILES string of the molecule is CC(c1cccc(F)c1)N(CC1CC1)CC1CCCN1. The summed E-state index contributed by atoms with van der Waals surface area (Å²) in [6.45, 7) is 5.62. The van der Waals surface area contributed by atoms with Gasteiger partial charge in [-0.3, -0.25) is 4.90 Å². The lowest BCUT2D eigenvalue weighted by Crippen LogP contribution is -2.40. The molecule has 1 saturated heterocycles. The Morgan fingerprint density at radius 3 is 2.80 bits per heavy atom. The maximum atomic E-state index is 13.4. The smallest absolute Gasteiger partial charge is 0.123 e. The largest absolute Gasteiger partial charge is 0.313 e. The molecule has 1 aromatic carbocycles. The van der Waals surface area contributed by atoms with Gasteiger partial charge in [-0.1, -0.05) is 12.1 Å². The Morgan fingerprint density at radius 1 is 1.30 bits per heavy atom. The summed E-state index contributed by atoms with van der Waals surface area (Å²) in [6.07, 6.45) is 5.29.